The number of carboxylic acid groups (broad SMARTS) is 1. The molecule has 3 saturated heterocycles. The first kappa shape index (κ1) is 22.2. The van der Waals surface area contributed by atoms with Gasteiger partial charge in [-0.1, -0.05) is 6.08 Å². The van der Waals surface area contributed by atoms with E-state index in [1.54, 1.807) is 13.3 Å². The fourth-order valence-electron chi connectivity index (χ4n) is 4.44. The maximum atomic E-state index is 11.2. The molecule has 0 aliphatic carbocycles. The number of pyridine rings is 1. The van der Waals surface area contributed by atoms with Crippen LogP contribution < -0.4 is 4.74 Å². The second-order valence-electron chi connectivity index (χ2n) is 7.99. The molecule has 6 atom stereocenters. The smallest absolute Gasteiger partial charge is 0.332 e. The van der Waals surface area contributed by atoms with E-state index in [1.165, 1.54) is 13.3 Å². The van der Waals surface area contributed by atoms with Crippen molar-refractivity contribution in [3.63, 3.8) is 0 Å². The second-order valence-corrected chi connectivity index (χ2v) is 7.99. The number of fused-ring (bicyclic) bond motifs is 4. The Morgan fingerprint density at radius 1 is 1.37 bits per heavy atom. The molecule has 3 fully saturated rings. The number of aliphatic hydroxyl groups is 2. The van der Waals surface area contributed by atoms with E-state index in [1.807, 2.05) is 24.3 Å². The van der Waals surface area contributed by atoms with Crippen LogP contribution >= 0.6 is 0 Å². The Hall–Kier alpha value is -2.48. The first-order valence-corrected chi connectivity index (χ1v) is 10.2. The topological polar surface area (TPSA) is 103 Å². The summed E-state index contributed by atoms with van der Waals surface area (Å²) in [7, 11) is 1.66. The zero-order chi connectivity index (χ0) is 21.8. The van der Waals surface area contributed by atoms with Crippen LogP contribution in [0.2, 0.25) is 0 Å². The van der Waals surface area contributed by atoms with E-state index in [9.17, 15) is 9.90 Å². The highest BCUT2D eigenvalue weighted by molar-refractivity contribution is 5.84. The summed E-state index contributed by atoms with van der Waals surface area (Å²) in [5.74, 6) is 0.822. The van der Waals surface area contributed by atoms with E-state index in [-0.39, 0.29) is 6.04 Å². The van der Waals surface area contributed by atoms with Gasteiger partial charge in [-0.3, -0.25) is 9.88 Å². The van der Waals surface area contributed by atoms with E-state index in [0.29, 0.717) is 11.8 Å². The molecule has 3 N–H and O–H groups in total. The van der Waals surface area contributed by atoms with Crippen LogP contribution in [0, 0.1) is 11.8 Å². The summed E-state index contributed by atoms with van der Waals surface area (Å²) in [5, 5.41) is 27.9. The number of nitrogens with zero attached hydrogens (tertiary/aromatic N) is 2. The Bertz CT molecular complexity index is 900. The van der Waals surface area contributed by atoms with Crippen molar-refractivity contribution < 1.29 is 24.9 Å². The van der Waals surface area contributed by atoms with Gasteiger partial charge in [0.15, 0.2) is 0 Å². The quantitative estimate of drug-likeness (QED) is 0.646. The molecule has 5 rings (SSSR count). The van der Waals surface area contributed by atoms with Crippen molar-refractivity contribution in [2.75, 3.05) is 20.2 Å². The van der Waals surface area contributed by atoms with Crippen molar-refractivity contribution >= 4 is 16.9 Å². The molecule has 3 aliphatic rings. The fraction of sp³-hybridized carbons (Fsp3) is 0.478. The summed E-state index contributed by atoms with van der Waals surface area (Å²) in [6, 6.07) is 7.96. The molecule has 30 heavy (non-hydrogen) atoms. The Morgan fingerprint density at radius 2 is 2.10 bits per heavy atom. The number of ether oxygens (including phenoxy) is 1. The van der Waals surface area contributed by atoms with Crippen LogP contribution in [0.15, 0.2) is 43.1 Å². The number of hydrogen-bond acceptors (Lipinski definition) is 6. The van der Waals surface area contributed by atoms with Crippen LogP contribution in [0.5, 0.6) is 5.75 Å². The van der Waals surface area contributed by atoms with Gasteiger partial charge in [0.25, 0.3) is 0 Å². The molecule has 1 aromatic carbocycles. The van der Waals surface area contributed by atoms with Crippen LogP contribution in [-0.4, -0.2) is 63.5 Å². The lowest BCUT2D eigenvalue weighted by Crippen LogP contribution is -2.54. The molecule has 4 heterocycles. The fourth-order valence-corrected chi connectivity index (χ4v) is 4.44. The number of aliphatic hydroxyl groups excluding tert-OH is 2. The monoisotopic (exact) mass is 414 g/mol. The predicted octanol–water partition coefficient (Wildman–Crippen LogP) is 2.63. The summed E-state index contributed by atoms with van der Waals surface area (Å²) in [5.41, 5.74) is 1.85. The molecule has 3 aliphatic heterocycles. The average molecular weight is 415 g/mol. The predicted molar refractivity (Wildman–Crippen MR) is 114 cm³/mol. The van der Waals surface area contributed by atoms with Gasteiger partial charge in [0.2, 0.25) is 0 Å². The van der Waals surface area contributed by atoms with Crippen molar-refractivity contribution in [1.29, 1.82) is 0 Å². The molecule has 0 spiro atoms. The molecule has 1 aromatic heterocycles. The Balaban J connectivity index is 0.000000377. The molecule has 7 nitrogen and oxygen atoms in total. The number of carboxylic acids is 1. The van der Waals surface area contributed by atoms with Gasteiger partial charge < -0.3 is 20.1 Å². The van der Waals surface area contributed by atoms with Crippen molar-refractivity contribution in [2.45, 2.75) is 38.0 Å². The highest BCUT2D eigenvalue weighted by Gasteiger charge is 2.42. The molecule has 7 heteroatoms. The van der Waals surface area contributed by atoms with Crippen molar-refractivity contribution in [3.8, 4) is 5.75 Å². The number of aromatic nitrogens is 1. The zero-order valence-electron chi connectivity index (χ0n) is 17.4. The molecule has 2 aromatic rings. The number of carbonyl (C=O) groups is 1. The number of piperidine rings is 3. The minimum Gasteiger partial charge on any atom is -0.497 e. The van der Waals surface area contributed by atoms with Crippen LogP contribution in [0.3, 0.4) is 0 Å². The second kappa shape index (κ2) is 9.55. The lowest BCUT2D eigenvalue weighted by Gasteiger charge is -2.50. The summed E-state index contributed by atoms with van der Waals surface area (Å²) in [6.45, 7) is 7.27. The van der Waals surface area contributed by atoms with Crippen LogP contribution in [-0.2, 0) is 4.79 Å². The largest absolute Gasteiger partial charge is 0.497 e. The Labute approximate surface area is 176 Å². The number of methoxy groups -OCH3 is 1. The molecule has 2 bridgehead atoms. The van der Waals surface area contributed by atoms with Crippen LogP contribution in [0.25, 0.3) is 10.9 Å². The molecular weight excluding hydrogens is 384 g/mol. The first-order chi connectivity index (χ1) is 14.3. The Kier molecular flexibility index (Phi) is 7.07. The zero-order valence-corrected chi connectivity index (χ0v) is 17.4. The number of hydrogen-bond donors (Lipinski definition) is 3. The molecule has 3 unspecified atom stereocenters. The third kappa shape index (κ3) is 4.64. The Morgan fingerprint density at radius 3 is 2.67 bits per heavy atom. The van der Waals surface area contributed by atoms with Crippen LogP contribution in [0.4, 0.5) is 0 Å². The van der Waals surface area contributed by atoms with Gasteiger partial charge in [-0.25, -0.2) is 4.79 Å². The van der Waals surface area contributed by atoms with E-state index in [0.717, 1.165) is 41.7 Å². The minimum atomic E-state index is -1.23. The maximum Gasteiger partial charge on any atom is 0.332 e. The standard InChI is InChI=1S/C20H24N2O2.C3H6O3/c1-3-13-12-22-9-7-14(13)10-19(22)20(23)16-6-8-21-18-5-4-15(24-2)11-17(16)18;1-2(4)3(5)6/h3-6,8,11,13-14,19-20,23H,1,7,9-10,12H2,2H3;2,4H,1H3,(H,5,6)/t13-,14?,19-,20-;/m1./s1. The third-order valence-corrected chi connectivity index (χ3v) is 6.18. The molecule has 0 radical (unpaired) electrons. The average Bonchev–Trinajstić information content (AvgIpc) is 2.78. The van der Waals surface area contributed by atoms with E-state index in [2.05, 4.69) is 22.5 Å². The molecule has 0 saturated carbocycles. The van der Waals surface area contributed by atoms with Gasteiger partial charge in [0, 0.05) is 24.2 Å². The van der Waals surface area contributed by atoms with Crippen molar-refractivity contribution in [1.82, 2.24) is 9.88 Å². The van der Waals surface area contributed by atoms with E-state index < -0.39 is 18.2 Å². The maximum absolute atomic E-state index is 11.2. The van der Waals surface area contributed by atoms with Gasteiger partial charge in [0.1, 0.15) is 11.9 Å². The van der Waals surface area contributed by atoms with Gasteiger partial charge in [-0.2, -0.15) is 0 Å². The van der Waals surface area contributed by atoms with Gasteiger partial charge in [-0.05, 0) is 68.0 Å². The van der Waals surface area contributed by atoms with Gasteiger partial charge >= 0.3 is 5.97 Å². The number of aliphatic carboxylic acids is 1. The first-order valence-electron chi connectivity index (χ1n) is 10.2. The summed E-state index contributed by atoms with van der Waals surface area (Å²) in [4.78, 5) is 16.3. The molecular formula is C23H30N2O5. The molecule has 162 valence electrons. The number of rotatable bonds is 5. The van der Waals surface area contributed by atoms with E-state index in [4.69, 9.17) is 14.9 Å². The lowest BCUT2D eigenvalue weighted by molar-refractivity contribution is -0.145. The SMILES string of the molecule is C=C[C@@H]1CN2CCC1C[C@@H]2[C@H](O)c1ccnc2ccc(OC)cc12.CC(O)C(=O)O. The molecule has 0 amide bonds. The van der Waals surface area contributed by atoms with Crippen molar-refractivity contribution in [3.05, 3.63) is 48.7 Å². The lowest BCUT2D eigenvalue weighted by atomic mass is 9.73. The summed E-state index contributed by atoms with van der Waals surface area (Å²) < 4.78 is 5.35. The van der Waals surface area contributed by atoms with Gasteiger partial charge in [0.05, 0.1) is 18.7 Å². The minimum absolute atomic E-state index is 0.178. The van der Waals surface area contributed by atoms with E-state index >= 15 is 0 Å². The summed E-state index contributed by atoms with van der Waals surface area (Å²) in [6.07, 6.45) is 4.39. The van der Waals surface area contributed by atoms with Crippen LogP contribution in [0.1, 0.15) is 31.4 Å². The highest BCUT2D eigenvalue weighted by atomic mass is 16.5. The highest BCUT2D eigenvalue weighted by Crippen LogP contribution is 2.42. The summed E-state index contributed by atoms with van der Waals surface area (Å²) >= 11 is 0. The normalized spacial score (nSPS) is 26.9. The number of benzene rings is 1. The third-order valence-electron chi connectivity index (χ3n) is 6.18. The van der Waals surface area contributed by atoms with Gasteiger partial charge in [-0.15, -0.1) is 6.58 Å². The van der Waals surface area contributed by atoms with Crippen molar-refractivity contribution in [2.24, 2.45) is 11.8 Å².